The summed E-state index contributed by atoms with van der Waals surface area (Å²) in [6.45, 7) is 5.89. The molecule has 0 amide bonds. The lowest BCUT2D eigenvalue weighted by Gasteiger charge is -2.11. The van der Waals surface area contributed by atoms with E-state index in [0.717, 1.165) is 38.4 Å². The first-order chi connectivity index (χ1) is 13.6. The maximum absolute atomic E-state index is 13.1. The van der Waals surface area contributed by atoms with Gasteiger partial charge >= 0.3 is 0 Å². The van der Waals surface area contributed by atoms with Crippen molar-refractivity contribution in [2.24, 2.45) is 0 Å². The number of fused-ring (bicyclic) bond motifs is 1. The van der Waals surface area contributed by atoms with Gasteiger partial charge in [-0.15, -0.1) is 11.3 Å². The summed E-state index contributed by atoms with van der Waals surface area (Å²) >= 11 is 3.26. The van der Waals surface area contributed by atoms with Gasteiger partial charge in [-0.1, -0.05) is 30.8 Å². The first-order valence-electron chi connectivity index (χ1n) is 9.57. The molecule has 0 unspecified atom stereocenters. The molecule has 0 fully saturated rings. The van der Waals surface area contributed by atoms with Crippen LogP contribution in [0.4, 0.5) is 5.69 Å². The highest BCUT2D eigenvalue weighted by atomic mass is 32.2. The zero-order valence-corrected chi connectivity index (χ0v) is 18.0. The lowest BCUT2D eigenvalue weighted by molar-refractivity contribution is -0.697. The first kappa shape index (κ1) is 19.0. The Balaban J connectivity index is 1.83. The van der Waals surface area contributed by atoms with Crippen LogP contribution in [0.1, 0.15) is 25.8 Å². The molecule has 144 valence electrons. The molecule has 6 heteroatoms. The van der Waals surface area contributed by atoms with Crippen LogP contribution in [-0.4, -0.2) is 11.6 Å². The second kappa shape index (κ2) is 7.97. The lowest BCUT2D eigenvalue weighted by atomic mass is 10.2. The van der Waals surface area contributed by atoms with Gasteiger partial charge in [0.25, 0.3) is 5.56 Å². The predicted octanol–water partition coefficient (Wildman–Crippen LogP) is 2.76. The molecule has 1 aromatic carbocycles. The molecule has 0 spiro atoms. The molecule has 1 aliphatic heterocycles. The Morgan fingerprint density at radius 3 is 2.54 bits per heavy atom. The third-order valence-electron chi connectivity index (χ3n) is 4.85. The molecule has 28 heavy (non-hydrogen) atoms. The minimum Gasteiger partial charge on any atom is -0.337 e. The first-order valence-corrected chi connectivity index (χ1v) is 11.2. The standard InChI is InChI=1S/C22H24N3OS2/c1-4-12-24-13-10-16(11-14-24)15-19-25(5-2)21(26)20(28-19)22-23(3)17-8-6-7-9-18(17)27-22/h6-11,13-15H,4-5,12H2,1-3H3/q+1/b22-20+. The molecule has 3 heterocycles. The van der Waals surface area contributed by atoms with Crippen LogP contribution in [-0.2, 0) is 13.1 Å². The third-order valence-corrected chi connectivity index (χ3v) is 7.33. The Labute approximate surface area is 173 Å². The van der Waals surface area contributed by atoms with Crippen molar-refractivity contribution in [3.05, 3.63) is 73.9 Å². The Kier molecular flexibility index (Phi) is 5.42. The quantitative estimate of drug-likeness (QED) is 0.620. The third kappa shape index (κ3) is 3.42. The summed E-state index contributed by atoms with van der Waals surface area (Å²) < 4.78 is 5.86. The fraction of sp³-hybridized carbons (Fsp3) is 0.273. The number of hydrogen-bond donors (Lipinski definition) is 0. The van der Waals surface area contributed by atoms with Crippen molar-refractivity contribution < 1.29 is 4.57 Å². The summed E-state index contributed by atoms with van der Waals surface area (Å²) in [5, 5.41) is 1.02. The van der Waals surface area contributed by atoms with E-state index in [9.17, 15) is 4.79 Å². The average molecular weight is 411 g/mol. The van der Waals surface area contributed by atoms with Crippen LogP contribution >= 0.6 is 23.1 Å². The van der Waals surface area contributed by atoms with Gasteiger partial charge in [0.15, 0.2) is 12.4 Å². The summed E-state index contributed by atoms with van der Waals surface area (Å²) in [5.74, 6) is 0. The van der Waals surface area contributed by atoms with E-state index < -0.39 is 0 Å². The van der Waals surface area contributed by atoms with Crippen LogP contribution in [0.25, 0.3) is 11.1 Å². The molecule has 0 atom stereocenters. The molecule has 4 nitrogen and oxygen atoms in total. The smallest absolute Gasteiger partial charge is 0.271 e. The summed E-state index contributed by atoms with van der Waals surface area (Å²) in [4.78, 5) is 16.5. The molecular weight excluding hydrogens is 386 g/mol. The number of hydrogen-bond acceptors (Lipinski definition) is 4. The highest BCUT2D eigenvalue weighted by Crippen LogP contribution is 2.44. The second-order valence-electron chi connectivity index (χ2n) is 6.77. The van der Waals surface area contributed by atoms with Crippen molar-refractivity contribution in [1.29, 1.82) is 0 Å². The van der Waals surface area contributed by atoms with E-state index in [1.807, 2.05) is 30.7 Å². The van der Waals surface area contributed by atoms with E-state index in [1.54, 1.807) is 23.1 Å². The highest BCUT2D eigenvalue weighted by molar-refractivity contribution is 8.08. The van der Waals surface area contributed by atoms with Crippen molar-refractivity contribution in [2.75, 3.05) is 11.9 Å². The summed E-state index contributed by atoms with van der Waals surface area (Å²) in [5.41, 5.74) is 2.37. The number of rotatable bonds is 4. The molecule has 0 saturated carbocycles. The van der Waals surface area contributed by atoms with Gasteiger partial charge in [-0.2, -0.15) is 0 Å². The van der Waals surface area contributed by atoms with Crippen LogP contribution in [0, 0.1) is 0 Å². The number of pyridine rings is 1. The van der Waals surface area contributed by atoms with Gasteiger partial charge in [0, 0.05) is 37.0 Å². The van der Waals surface area contributed by atoms with Crippen LogP contribution in [0.15, 0.2) is 58.5 Å². The van der Waals surface area contributed by atoms with Crippen molar-refractivity contribution in [3.63, 3.8) is 0 Å². The monoisotopic (exact) mass is 410 g/mol. The summed E-state index contributed by atoms with van der Waals surface area (Å²) in [6.07, 6.45) is 7.43. The number of thioether (sulfide) groups is 1. The number of aromatic nitrogens is 2. The van der Waals surface area contributed by atoms with Gasteiger partial charge in [-0.05, 0) is 30.7 Å². The van der Waals surface area contributed by atoms with Gasteiger partial charge in [0.2, 0.25) is 0 Å². The predicted molar refractivity (Wildman–Crippen MR) is 118 cm³/mol. The molecule has 4 rings (SSSR count). The largest absolute Gasteiger partial charge is 0.337 e. The normalized spacial score (nSPS) is 16.0. The Hall–Kier alpha value is -2.31. The van der Waals surface area contributed by atoms with E-state index in [-0.39, 0.29) is 5.56 Å². The Bertz CT molecular complexity index is 1180. The van der Waals surface area contributed by atoms with E-state index in [1.165, 1.54) is 4.90 Å². The summed E-state index contributed by atoms with van der Waals surface area (Å²) in [7, 11) is 2.04. The SMILES string of the molecule is CCC[n+]1ccc(/C=c2\s/c(=C3/Sc4ccccc4N3C)c(=O)n2CC)cc1. The van der Waals surface area contributed by atoms with E-state index in [2.05, 4.69) is 59.1 Å². The Morgan fingerprint density at radius 2 is 1.86 bits per heavy atom. The number of benzene rings is 1. The number of aryl methyl sites for hydroxylation is 1. The zero-order valence-electron chi connectivity index (χ0n) is 16.4. The zero-order chi connectivity index (χ0) is 19.7. The van der Waals surface area contributed by atoms with Gasteiger partial charge in [-0.3, -0.25) is 9.36 Å². The van der Waals surface area contributed by atoms with Crippen molar-refractivity contribution in [2.45, 2.75) is 38.3 Å². The van der Waals surface area contributed by atoms with Gasteiger partial charge < -0.3 is 4.90 Å². The van der Waals surface area contributed by atoms with E-state index >= 15 is 0 Å². The van der Waals surface area contributed by atoms with Gasteiger partial charge in [-0.25, -0.2) is 4.57 Å². The minimum atomic E-state index is 0.0953. The Morgan fingerprint density at radius 1 is 1.11 bits per heavy atom. The van der Waals surface area contributed by atoms with E-state index in [4.69, 9.17) is 0 Å². The fourth-order valence-corrected chi connectivity index (χ4v) is 5.86. The lowest BCUT2D eigenvalue weighted by Crippen LogP contribution is -2.33. The maximum Gasteiger partial charge on any atom is 0.271 e. The highest BCUT2D eigenvalue weighted by Gasteiger charge is 2.24. The maximum atomic E-state index is 13.1. The molecule has 0 radical (unpaired) electrons. The second-order valence-corrected chi connectivity index (χ2v) is 8.83. The molecule has 2 aromatic heterocycles. The van der Waals surface area contributed by atoms with Crippen LogP contribution in [0.3, 0.4) is 0 Å². The minimum absolute atomic E-state index is 0.0953. The van der Waals surface area contributed by atoms with Crippen molar-refractivity contribution in [1.82, 2.24) is 4.57 Å². The molecule has 0 aliphatic carbocycles. The van der Waals surface area contributed by atoms with Crippen LogP contribution < -0.4 is 24.2 Å². The van der Waals surface area contributed by atoms with Crippen molar-refractivity contribution >= 4 is 39.9 Å². The van der Waals surface area contributed by atoms with Crippen LogP contribution in [0.2, 0.25) is 0 Å². The van der Waals surface area contributed by atoms with Gasteiger partial charge in [0.05, 0.1) is 10.4 Å². The molecular formula is C22H24N3OS2+. The van der Waals surface area contributed by atoms with Crippen LogP contribution in [0.5, 0.6) is 0 Å². The van der Waals surface area contributed by atoms with Gasteiger partial charge in [0.1, 0.15) is 16.1 Å². The molecule has 0 bridgehead atoms. The van der Waals surface area contributed by atoms with E-state index in [0.29, 0.717) is 6.54 Å². The fourth-order valence-electron chi connectivity index (χ4n) is 3.38. The average Bonchev–Trinajstić information content (AvgIpc) is 3.20. The topological polar surface area (TPSA) is 29.1 Å². The number of anilines is 1. The van der Waals surface area contributed by atoms with Crippen molar-refractivity contribution in [3.8, 4) is 0 Å². The molecule has 3 aromatic rings. The number of para-hydroxylation sites is 1. The molecule has 0 N–H and O–H groups in total. The molecule has 1 aliphatic rings. The summed E-state index contributed by atoms with van der Waals surface area (Å²) in [6, 6.07) is 12.5. The molecule has 0 saturated heterocycles. The number of nitrogens with zero attached hydrogens (tertiary/aromatic N) is 3. The number of thiazole rings is 1.